The van der Waals surface area contributed by atoms with Crippen LogP contribution in [0.2, 0.25) is 5.02 Å². The number of carbonyl (C=O) groups is 1. The summed E-state index contributed by atoms with van der Waals surface area (Å²) >= 11 is 6.06. The van der Waals surface area contributed by atoms with Gasteiger partial charge in [-0.1, -0.05) is 37.4 Å². The van der Waals surface area contributed by atoms with E-state index in [2.05, 4.69) is 22.5 Å². The fourth-order valence-corrected chi connectivity index (χ4v) is 2.28. The fraction of sp³-hybridized carbons (Fsp3) is 0.333. The molecule has 0 atom stereocenters. The summed E-state index contributed by atoms with van der Waals surface area (Å²) in [5.74, 6) is 0.589. The van der Waals surface area contributed by atoms with Gasteiger partial charge in [0.25, 0.3) is 5.91 Å². The van der Waals surface area contributed by atoms with E-state index in [1.54, 1.807) is 18.3 Å². The average Bonchev–Trinajstić information content (AvgIpc) is 2.55. The number of amides is 1. The van der Waals surface area contributed by atoms with Crippen LogP contribution in [0.3, 0.4) is 0 Å². The predicted octanol–water partition coefficient (Wildman–Crippen LogP) is 4.90. The lowest BCUT2D eigenvalue weighted by molar-refractivity contribution is 0.102. The van der Waals surface area contributed by atoms with Crippen molar-refractivity contribution in [1.82, 2.24) is 4.98 Å². The molecule has 1 aromatic heterocycles. The van der Waals surface area contributed by atoms with Crippen LogP contribution in [0.1, 0.15) is 42.1 Å². The molecule has 0 aliphatic carbocycles. The molecule has 2 N–H and O–H groups in total. The maximum absolute atomic E-state index is 12.2. The van der Waals surface area contributed by atoms with Crippen molar-refractivity contribution >= 4 is 29.0 Å². The van der Waals surface area contributed by atoms with Gasteiger partial charge in [0.05, 0.1) is 5.56 Å². The number of aromatic nitrogens is 1. The zero-order valence-corrected chi connectivity index (χ0v) is 14.3. The van der Waals surface area contributed by atoms with Gasteiger partial charge in [-0.25, -0.2) is 4.98 Å². The summed E-state index contributed by atoms with van der Waals surface area (Å²) in [6.07, 6.45) is 5.09. The summed E-state index contributed by atoms with van der Waals surface area (Å²) < 4.78 is 0. The summed E-state index contributed by atoms with van der Waals surface area (Å²) in [5.41, 5.74) is 2.16. The number of pyridine rings is 1. The minimum atomic E-state index is -0.199. The fourth-order valence-electron chi connectivity index (χ4n) is 2.10. The SMILES string of the molecule is CCCCCNc1ccc(C(=O)Nc2ccc(C)c(Cl)c2)cn1. The molecule has 1 aromatic carbocycles. The molecule has 0 fully saturated rings. The molecule has 5 heteroatoms. The van der Waals surface area contributed by atoms with Crippen molar-refractivity contribution in [3.63, 3.8) is 0 Å². The van der Waals surface area contributed by atoms with Gasteiger partial charge in [-0.3, -0.25) is 4.79 Å². The molecule has 0 saturated heterocycles. The molecule has 2 rings (SSSR count). The number of rotatable bonds is 7. The Labute approximate surface area is 142 Å². The first-order valence-electron chi connectivity index (χ1n) is 7.87. The molecule has 1 heterocycles. The highest BCUT2D eigenvalue weighted by Crippen LogP contribution is 2.20. The molecule has 0 unspecified atom stereocenters. The van der Waals surface area contributed by atoms with E-state index in [-0.39, 0.29) is 5.91 Å². The topological polar surface area (TPSA) is 54.0 Å². The largest absolute Gasteiger partial charge is 0.370 e. The minimum absolute atomic E-state index is 0.199. The smallest absolute Gasteiger partial charge is 0.257 e. The van der Waals surface area contributed by atoms with Crippen LogP contribution >= 0.6 is 11.6 Å². The molecule has 122 valence electrons. The average molecular weight is 332 g/mol. The molecule has 0 radical (unpaired) electrons. The van der Waals surface area contributed by atoms with E-state index < -0.39 is 0 Å². The van der Waals surface area contributed by atoms with Gasteiger partial charge < -0.3 is 10.6 Å². The van der Waals surface area contributed by atoms with Crippen LogP contribution in [0.4, 0.5) is 11.5 Å². The van der Waals surface area contributed by atoms with Crippen molar-refractivity contribution in [2.45, 2.75) is 33.1 Å². The predicted molar refractivity (Wildman–Crippen MR) is 96.4 cm³/mol. The van der Waals surface area contributed by atoms with Crippen molar-refractivity contribution in [2.24, 2.45) is 0 Å². The molecular formula is C18H22ClN3O. The zero-order chi connectivity index (χ0) is 16.7. The first-order valence-corrected chi connectivity index (χ1v) is 8.25. The lowest BCUT2D eigenvalue weighted by Crippen LogP contribution is -2.12. The van der Waals surface area contributed by atoms with Gasteiger partial charge in [-0.2, -0.15) is 0 Å². The third-order valence-electron chi connectivity index (χ3n) is 3.54. The maximum atomic E-state index is 12.2. The number of hydrogen-bond donors (Lipinski definition) is 2. The number of nitrogens with zero attached hydrogens (tertiary/aromatic N) is 1. The Kier molecular flexibility index (Phi) is 6.41. The van der Waals surface area contributed by atoms with Gasteiger partial charge in [0.1, 0.15) is 5.82 Å². The molecule has 23 heavy (non-hydrogen) atoms. The van der Waals surface area contributed by atoms with Gasteiger partial charge in [0.2, 0.25) is 0 Å². The second kappa shape index (κ2) is 8.53. The van der Waals surface area contributed by atoms with Crippen molar-refractivity contribution in [2.75, 3.05) is 17.2 Å². The van der Waals surface area contributed by atoms with Crippen molar-refractivity contribution in [3.8, 4) is 0 Å². The van der Waals surface area contributed by atoms with Crippen molar-refractivity contribution in [3.05, 3.63) is 52.7 Å². The van der Waals surface area contributed by atoms with Crippen LogP contribution in [0.5, 0.6) is 0 Å². The molecule has 0 spiro atoms. The first-order chi connectivity index (χ1) is 11.1. The monoisotopic (exact) mass is 331 g/mol. The summed E-state index contributed by atoms with van der Waals surface area (Å²) in [4.78, 5) is 16.5. The lowest BCUT2D eigenvalue weighted by Gasteiger charge is -2.08. The zero-order valence-electron chi connectivity index (χ0n) is 13.5. The molecule has 4 nitrogen and oxygen atoms in total. The molecule has 1 amide bonds. The molecule has 0 aliphatic heterocycles. The summed E-state index contributed by atoms with van der Waals surface area (Å²) in [6, 6.07) is 9.03. The molecular weight excluding hydrogens is 310 g/mol. The molecule has 2 aromatic rings. The third-order valence-corrected chi connectivity index (χ3v) is 3.95. The normalized spacial score (nSPS) is 10.4. The highest BCUT2D eigenvalue weighted by Gasteiger charge is 2.07. The third kappa shape index (κ3) is 5.25. The minimum Gasteiger partial charge on any atom is -0.370 e. The van der Waals surface area contributed by atoms with E-state index in [1.165, 1.54) is 12.8 Å². The molecule has 0 bridgehead atoms. The Hall–Kier alpha value is -2.07. The van der Waals surface area contributed by atoms with Crippen molar-refractivity contribution < 1.29 is 4.79 Å². The van der Waals surface area contributed by atoms with Crippen LogP contribution in [-0.2, 0) is 0 Å². The molecule has 0 saturated carbocycles. The van der Waals surface area contributed by atoms with Crippen LogP contribution in [0.15, 0.2) is 36.5 Å². The van der Waals surface area contributed by atoms with Crippen LogP contribution < -0.4 is 10.6 Å². The highest BCUT2D eigenvalue weighted by molar-refractivity contribution is 6.31. The number of benzene rings is 1. The Morgan fingerprint density at radius 1 is 1.22 bits per heavy atom. The van der Waals surface area contributed by atoms with E-state index in [9.17, 15) is 4.79 Å². The molecule has 0 aliphatic rings. The van der Waals surface area contributed by atoms with Crippen LogP contribution in [-0.4, -0.2) is 17.4 Å². The van der Waals surface area contributed by atoms with Gasteiger partial charge in [-0.15, -0.1) is 0 Å². The number of anilines is 2. The Morgan fingerprint density at radius 2 is 2.04 bits per heavy atom. The standard InChI is InChI=1S/C18H22ClN3O/c1-3-4-5-10-20-17-9-7-14(12-21-17)18(23)22-15-8-6-13(2)16(19)11-15/h6-9,11-12H,3-5,10H2,1-2H3,(H,20,21)(H,22,23). The van der Waals surface area contributed by atoms with Gasteiger partial charge in [0, 0.05) is 23.5 Å². The van der Waals surface area contributed by atoms with E-state index in [1.807, 2.05) is 25.1 Å². The number of nitrogens with one attached hydrogen (secondary N) is 2. The number of unbranched alkanes of at least 4 members (excludes halogenated alkanes) is 2. The second-order valence-electron chi connectivity index (χ2n) is 5.48. The summed E-state index contributed by atoms with van der Waals surface area (Å²) in [6.45, 7) is 4.99. The highest BCUT2D eigenvalue weighted by atomic mass is 35.5. The lowest BCUT2D eigenvalue weighted by atomic mass is 10.2. The summed E-state index contributed by atoms with van der Waals surface area (Å²) in [5, 5.41) is 6.70. The van der Waals surface area contributed by atoms with Crippen molar-refractivity contribution in [1.29, 1.82) is 0 Å². The quantitative estimate of drug-likeness (QED) is 0.710. The van der Waals surface area contributed by atoms with Gasteiger partial charge in [-0.05, 0) is 43.2 Å². The van der Waals surface area contributed by atoms with Gasteiger partial charge >= 0.3 is 0 Å². The van der Waals surface area contributed by atoms with Crippen LogP contribution in [0.25, 0.3) is 0 Å². The summed E-state index contributed by atoms with van der Waals surface area (Å²) in [7, 11) is 0. The van der Waals surface area contributed by atoms with Crippen LogP contribution in [0, 0.1) is 6.92 Å². The van der Waals surface area contributed by atoms with E-state index in [0.29, 0.717) is 16.3 Å². The Balaban J connectivity index is 1.93. The Morgan fingerprint density at radius 3 is 2.70 bits per heavy atom. The van der Waals surface area contributed by atoms with Gasteiger partial charge in [0.15, 0.2) is 0 Å². The number of halogens is 1. The van der Waals surface area contributed by atoms with E-state index in [0.717, 1.165) is 24.3 Å². The first kappa shape index (κ1) is 17.3. The maximum Gasteiger partial charge on any atom is 0.257 e. The van der Waals surface area contributed by atoms with E-state index in [4.69, 9.17) is 11.6 Å². The van der Waals surface area contributed by atoms with E-state index >= 15 is 0 Å². The number of aryl methyl sites for hydroxylation is 1. The Bertz CT molecular complexity index is 656. The number of hydrogen-bond acceptors (Lipinski definition) is 3. The number of carbonyl (C=O) groups excluding carboxylic acids is 1. The second-order valence-corrected chi connectivity index (χ2v) is 5.89.